The molecular formula is C20H28N4O4S2. The van der Waals surface area contributed by atoms with E-state index in [-0.39, 0.29) is 16.6 Å². The van der Waals surface area contributed by atoms with Gasteiger partial charge in [0.15, 0.2) is 5.16 Å². The number of aryl methyl sites for hydroxylation is 1. The average molecular weight is 453 g/mol. The van der Waals surface area contributed by atoms with Gasteiger partial charge in [0.2, 0.25) is 15.9 Å². The van der Waals surface area contributed by atoms with Gasteiger partial charge in [-0.15, -0.1) is 0 Å². The van der Waals surface area contributed by atoms with E-state index in [1.165, 1.54) is 22.1 Å². The van der Waals surface area contributed by atoms with Crippen molar-refractivity contribution in [3.8, 4) is 5.75 Å². The Hall–Kier alpha value is -2.04. The van der Waals surface area contributed by atoms with Crippen LogP contribution in [0.5, 0.6) is 5.75 Å². The van der Waals surface area contributed by atoms with Crippen molar-refractivity contribution < 1.29 is 17.9 Å². The quantitative estimate of drug-likeness (QED) is 0.587. The number of hydrogen-bond acceptors (Lipinski definition) is 6. The fourth-order valence-corrected chi connectivity index (χ4v) is 5.81. The Morgan fingerprint density at radius 2 is 2.00 bits per heavy atom. The van der Waals surface area contributed by atoms with Crippen molar-refractivity contribution >= 4 is 33.4 Å². The van der Waals surface area contributed by atoms with Gasteiger partial charge in [-0.2, -0.15) is 4.31 Å². The van der Waals surface area contributed by atoms with Gasteiger partial charge in [0.25, 0.3) is 0 Å². The van der Waals surface area contributed by atoms with Crippen molar-refractivity contribution in [1.29, 1.82) is 0 Å². The normalized spacial score (nSPS) is 15.1. The zero-order valence-corrected chi connectivity index (χ0v) is 19.0. The lowest BCUT2D eigenvalue weighted by Crippen LogP contribution is -2.35. The predicted octanol–water partition coefficient (Wildman–Crippen LogP) is 3.21. The molecule has 3 rings (SSSR count). The number of thioether (sulfide) groups is 1. The molecule has 0 bridgehead atoms. The monoisotopic (exact) mass is 452 g/mol. The molecule has 1 N–H and O–H groups in total. The Morgan fingerprint density at radius 1 is 1.23 bits per heavy atom. The van der Waals surface area contributed by atoms with Crippen LogP contribution in [-0.4, -0.2) is 53.6 Å². The maximum Gasteiger partial charge on any atom is 0.246 e. The number of carbonyl (C=O) groups excluding carboxylic acids is 1. The van der Waals surface area contributed by atoms with Crippen molar-refractivity contribution in [2.75, 3.05) is 30.8 Å². The summed E-state index contributed by atoms with van der Waals surface area (Å²) in [6.07, 6.45) is 6.31. The summed E-state index contributed by atoms with van der Waals surface area (Å²) in [6.45, 7) is 5.96. The molecule has 10 heteroatoms. The number of carbonyl (C=O) groups is 1. The van der Waals surface area contributed by atoms with Gasteiger partial charge in [-0.05, 0) is 44.9 Å². The second kappa shape index (κ2) is 10.3. The van der Waals surface area contributed by atoms with Crippen molar-refractivity contribution in [3.05, 3.63) is 30.6 Å². The Balaban J connectivity index is 1.75. The van der Waals surface area contributed by atoms with Crippen LogP contribution in [0.1, 0.15) is 33.1 Å². The third-order valence-corrected chi connectivity index (χ3v) is 7.73. The molecule has 0 unspecified atom stereocenters. The summed E-state index contributed by atoms with van der Waals surface area (Å²) in [5.41, 5.74) is 0.429. The number of aromatic nitrogens is 2. The van der Waals surface area contributed by atoms with Crippen LogP contribution in [0, 0.1) is 0 Å². The van der Waals surface area contributed by atoms with E-state index in [1.54, 1.807) is 18.3 Å². The average Bonchev–Trinajstić information content (AvgIpc) is 3.22. The van der Waals surface area contributed by atoms with Crippen LogP contribution < -0.4 is 10.1 Å². The molecule has 0 atom stereocenters. The number of nitrogens with one attached hydrogen (secondary N) is 1. The van der Waals surface area contributed by atoms with Gasteiger partial charge < -0.3 is 14.6 Å². The fourth-order valence-electron chi connectivity index (χ4n) is 3.31. The molecule has 0 saturated carbocycles. The summed E-state index contributed by atoms with van der Waals surface area (Å²) in [5.74, 6) is 0.259. The highest BCUT2D eigenvalue weighted by molar-refractivity contribution is 7.99. The minimum atomic E-state index is -3.69. The van der Waals surface area contributed by atoms with E-state index in [2.05, 4.69) is 10.3 Å². The van der Waals surface area contributed by atoms with Crippen LogP contribution in [0.15, 0.2) is 40.6 Å². The maximum absolute atomic E-state index is 13.2. The van der Waals surface area contributed by atoms with Gasteiger partial charge in [-0.1, -0.05) is 18.2 Å². The van der Waals surface area contributed by atoms with Gasteiger partial charge in [0.05, 0.1) is 12.4 Å². The smallest absolute Gasteiger partial charge is 0.246 e. The Kier molecular flexibility index (Phi) is 7.79. The molecule has 1 aliphatic rings. The molecular weight excluding hydrogens is 424 g/mol. The zero-order valence-electron chi connectivity index (χ0n) is 17.3. The fraction of sp³-hybridized carbons (Fsp3) is 0.500. The zero-order chi connectivity index (χ0) is 21.6. The number of amides is 1. The largest absolute Gasteiger partial charge is 0.492 e. The molecule has 164 valence electrons. The van der Waals surface area contributed by atoms with Gasteiger partial charge in [-0.25, -0.2) is 13.4 Å². The van der Waals surface area contributed by atoms with Crippen LogP contribution >= 0.6 is 11.8 Å². The third-order valence-electron chi connectivity index (χ3n) is 4.81. The van der Waals surface area contributed by atoms with Gasteiger partial charge in [0.1, 0.15) is 10.6 Å². The van der Waals surface area contributed by atoms with Crippen LogP contribution in [0.4, 0.5) is 5.69 Å². The minimum Gasteiger partial charge on any atom is -0.492 e. The van der Waals surface area contributed by atoms with E-state index in [0.29, 0.717) is 31.1 Å². The highest BCUT2D eigenvalue weighted by atomic mass is 32.2. The molecule has 1 aromatic heterocycles. The van der Waals surface area contributed by atoms with Crippen LogP contribution in [0.25, 0.3) is 0 Å². The third kappa shape index (κ3) is 5.35. The second-order valence-corrected chi connectivity index (χ2v) is 9.74. The molecule has 2 heterocycles. The summed E-state index contributed by atoms with van der Waals surface area (Å²) in [5, 5.41) is 3.56. The number of piperidine rings is 1. The predicted molar refractivity (Wildman–Crippen MR) is 117 cm³/mol. The molecule has 30 heavy (non-hydrogen) atoms. The molecule has 1 saturated heterocycles. The number of anilines is 1. The molecule has 1 aliphatic heterocycles. The lowest BCUT2D eigenvalue weighted by Gasteiger charge is -2.27. The van der Waals surface area contributed by atoms with E-state index in [4.69, 9.17) is 4.74 Å². The number of rotatable bonds is 9. The van der Waals surface area contributed by atoms with E-state index < -0.39 is 10.0 Å². The molecule has 1 amide bonds. The summed E-state index contributed by atoms with van der Waals surface area (Å²) >= 11 is 1.34. The Morgan fingerprint density at radius 3 is 2.70 bits per heavy atom. The molecule has 1 aromatic carbocycles. The van der Waals surface area contributed by atoms with E-state index in [9.17, 15) is 13.2 Å². The first-order valence-electron chi connectivity index (χ1n) is 10.2. The number of ether oxygens (including phenoxy) is 1. The molecule has 1 fully saturated rings. The van der Waals surface area contributed by atoms with E-state index >= 15 is 0 Å². The minimum absolute atomic E-state index is 0.0956. The number of sulfonamides is 1. The summed E-state index contributed by atoms with van der Waals surface area (Å²) in [6, 6.07) is 4.76. The SMILES string of the molecule is CCOc1ccc(NC(=O)CSc2nccn2CC)cc1S(=O)(=O)N1CCCCC1. The summed E-state index contributed by atoms with van der Waals surface area (Å²) in [7, 11) is -3.69. The van der Waals surface area contributed by atoms with Gasteiger partial charge >= 0.3 is 0 Å². The standard InChI is InChI=1S/C20H28N4O4S2/c1-3-23-13-10-21-20(23)29-15-19(25)22-16-8-9-17(28-4-2)18(14-16)30(26,27)24-11-6-5-7-12-24/h8-10,13-14H,3-7,11-12,15H2,1-2H3,(H,22,25). The molecule has 0 spiro atoms. The molecule has 8 nitrogen and oxygen atoms in total. The van der Waals surface area contributed by atoms with Crippen molar-refractivity contribution in [2.24, 2.45) is 0 Å². The first-order valence-corrected chi connectivity index (χ1v) is 12.6. The Labute approximate surface area is 182 Å². The maximum atomic E-state index is 13.2. The van der Waals surface area contributed by atoms with Crippen molar-refractivity contribution in [1.82, 2.24) is 13.9 Å². The molecule has 0 radical (unpaired) electrons. The van der Waals surface area contributed by atoms with Gasteiger partial charge in [-0.3, -0.25) is 4.79 Å². The number of hydrogen-bond donors (Lipinski definition) is 1. The van der Waals surface area contributed by atoms with E-state index in [0.717, 1.165) is 31.0 Å². The van der Waals surface area contributed by atoms with Crippen LogP contribution in [0.2, 0.25) is 0 Å². The highest BCUT2D eigenvalue weighted by Crippen LogP contribution is 2.31. The Bertz CT molecular complexity index is 969. The first-order chi connectivity index (χ1) is 14.5. The summed E-state index contributed by atoms with van der Waals surface area (Å²) in [4.78, 5) is 16.8. The lowest BCUT2D eigenvalue weighted by molar-refractivity contribution is -0.113. The molecule has 0 aliphatic carbocycles. The number of nitrogens with zero attached hydrogens (tertiary/aromatic N) is 3. The van der Waals surface area contributed by atoms with Crippen LogP contribution in [0.3, 0.4) is 0 Å². The van der Waals surface area contributed by atoms with Crippen LogP contribution in [-0.2, 0) is 21.4 Å². The summed E-state index contributed by atoms with van der Waals surface area (Å²) < 4.78 is 35.4. The number of benzene rings is 1. The topological polar surface area (TPSA) is 93.5 Å². The second-order valence-electron chi connectivity index (χ2n) is 6.89. The van der Waals surface area contributed by atoms with Crippen molar-refractivity contribution in [2.45, 2.75) is 49.7 Å². The van der Waals surface area contributed by atoms with Gasteiger partial charge in [0, 0.05) is 37.7 Å². The molecule has 2 aromatic rings. The van der Waals surface area contributed by atoms with Crippen molar-refractivity contribution in [3.63, 3.8) is 0 Å². The highest BCUT2D eigenvalue weighted by Gasteiger charge is 2.29. The van der Waals surface area contributed by atoms with E-state index in [1.807, 2.05) is 24.6 Å². The first kappa shape index (κ1) is 22.6. The lowest BCUT2D eigenvalue weighted by atomic mass is 10.2. The number of imidazole rings is 1.